The monoisotopic (exact) mass is 424 g/mol. The van der Waals surface area contributed by atoms with Gasteiger partial charge in [0.15, 0.2) is 6.61 Å². The number of anilines is 1. The van der Waals surface area contributed by atoms with E-state index in [-0.39, 0.29) is 34.7 Å². The maximum Gasteiger partial charge on any atom is 0.433 e. The minimum atomic E-state index is -4.57. The Hall–Kier alpha value is -3.25. The van der Waals surface area contributed by atoms with E-state index in [1.54, 1.807) is 0 Å². The van der Waals surface area contributed by atoms with Crippen molar-refractivity contribution in [2.24, 2.45) is 0 Å². The zero-order valence-electron chi connectivity index (χ0n) is 14.4. The standard InChI is InChI=1S/C17H11F3N4O4S/c18-17(19,20)12-4-2-9-16(22-12)29-13(21-9)6-24-10-5-8(15(26)23-27)1-3-11(10)28-7-14(24)25/h1-5,27H,6-7H2,(H,23,26). The Kier molecular flexibility index (Phi) is 4.59. The van der Waals surface area contributed by atoms with Gasteiger partial charge in [-0.05, 0) is 30.3 Å². The van der Waals surface area contributed by atoms with E-state index in [0.29, 0.717) is 10.8 Å². The summed E-state index contributed by atoms with van der Waals surface area (Å²) in [6.45, 7) is -0.276. The van der Waals surface area contributed by atoms with Crippen molar-refractivity contribution < 1.29 is 32.7 Å². The van der Waals surface area contributed by atoms with Gasteiger partial charge in [-0.2, -0.15) is 13.2 Å². The first kappa shape index (κ1) is 19.1. The normalized spacial score (nSPS) is 13.9. The number of aromatic nitrogens is 2. The summed E-state index contributed by atoms with van der Waals surface area (Å²) in [4.78, 5) is 33.3. The van der Waals surface area contributed by atoms with Crippen LogP contribution in [0.2, 0.25) is 0 Å². The van der Waals surface area contributed by atoms with Gasteiger partial charge in [0.25, 0.3) is 11.8 Å². The molecule has 12 heteroatoms. The van der Waals surface area contributed by atoms with Crippen LogP contribution in [0.5, 0.6) is 5.75 Å². The number of nitrogens with one attached hydrogen (secondary N) is 1. The summed E-state index contributed by atoms with van der Waals surface area (Å²) in [6, 6.07) is 6.34. The van der Waals surface area contributed by atoms with Gasteiger partial charge in [-0.1, -0.05) is 11.3 Å². The first-order valence-electron chi connectivity index (χ1n) is 8.11. The zero-order chi connectivity index (χ0) is 20.8. The second kappa shape index (κ2) is 6.97. The smallest absolute Gasteiger partial charge is 0.433 e. The van der Waals surface area contributed by atoms with E-state index in [2.05, 4.69) is 9.97 Å². The van der Waals surface area contributed by atoms with Gasteiger partial charge >= 0.3 is 6.18 Å². The number of hydrogen-bond acceptors (Lipinski definition) is 7. The van der Waals surface area contributed by atoms with Crippen LogP contribution in [0.25, 0.3) is 10.3 Å². The summed E-state index contributed by atoms with van der Waals surface area (Å²) >= 11 is 0.937. The van der Waals surface area contributed by atoms with Gasteiger partial charge in [-0.25, -0.2) is 15.4 Å². The fourth-order valence-corrected chi connectivity index (χ4v) is 3.73. The Bertz CT molecular complexity index is 1130. The molecular weight excluding hydrogens is 413 g/mol. The van der Waals surface area contributed by atoms with Crippen molar-refractivity contribution in [2.45, 2.75) is 12.7 Å². The van der Waals surface area contributed by atoms with E-state index in [0.717, 1.165) is 17.4 Å². The maximum absolute atomic E-state index is 12.8. The molecule has 4 rings (SSSR count). The molecule has 29 heavy (non-hydrogen) atoms. The molecule has 2 N–H and O–H groups in total. The fourth-order valence-electron chi connectivity index (χ4n) is 2.80. The highest BCUT2D eigenvalue weighted by molar-refractivity contribution is 7.18. The molecule has 0 aliphatic carbocycles. The van der Waals surface area contributed by atoms with Crippen LogP contribution in [0.1, 0.15) is 21.1 Å². The van der Waals surface area contributed by atoms with Crippen LogP contribution < -0.4 is 15.1 Å². The first-order valence-corrected chi connectivity index (χ1v) is 8.93. The third kappa shape index (κ3) is 3.59. The number of carbonyl (C=O) groups is 2. The number of hydroxylamine groups is 1. The minimum absolute atomic E-state index is 0.0399. The molecule has 2 aromatic heterocycles. The molecule has 1 aliphatic rings. The van der Waals surface area contributed by atoms with Gasteiger partial charge in [0, 0.05) is 5.56 Å². The maximum atomic E-state index is 12.8. The number of fused-ring (bicyclic) bond motifs is 2. The highest BCUT2D eigenvalue weighted by Gasteiger charge is 2.33. The molecule has 3 aromatic rings. The van der Waals surface area contributed by atoms with Crippen LogP contribution in [-0.4, -0.2) is 33.6 Å². The number of alkyl halides is 3. The fraction of sp³-hybridized carbons (Fsp3) is 0.176. The summed E-state index contributed by atoms with van der Waals surface area (Å²) in [5, 5.41) is 9.16. The number of carbonyl (C=O) groups excluding carboxylic acids is 2. The Morgan fingerprint density at radius 2 is 2.07 bits per heavy atom. The number of hydrogen-bond donors (Lipinski definition) is 2. The van der Waals surface area contributed by atoms with Crippen LogP contribution in [0.3, 0.4) is 0 Å². The predicted molar refractivity (Wildman–Crippen MR) is 94.8 cm³/mol. The Morgan fingerprint density at radius 1 is 1.28 bits per heavy atom. The van der Waals surface area contributed by atoms with E-state index in [4.69, 9.17) is 9.94 Å². The first-order chi connectivity index (χ1) is 13.8. The van der Waals surface area contributed by atoms with Crippen molar-refractivity contribution in [2.75, 3.05) is 11.5 Å². The third-order valence-electron chi connectivity index (χ3n) is 4.15. The molecular formula is C17H11F3N4O4S. The third-order valence-corrected chi connectivity index (χ3v) is 5.10. The van der Waals surface area contributed by atoms with Gasteiger partial charge in [-0.3, -0.25) is 19.7 Å². The van der Waals surface area contributed by atoms with E-state index in [1.165, 1.54) is 34.6 Å². The number of thiazole rings is 1. The molecule has 2 amide bonds. The van der Waals surface area contributed by atoms with E-state index >= 15 is 0 Å². The molecule has 0 saturated heterocycles. The molecule has 0 fully saturated rings. The van der Waals surface area contributed by atoms with Crippen LogP contribution in [0, 0.1) is 0 Å². The van der Waals surface area contributed by atoms with E-state index in [9.17, 15) is 22.8 Å². The molecule has 3 heterocycles. The highest BCUT2D eigenvalue weighted by Crippen LogP contribution is 2.35. The van der Waals surface area contributed by atoms with E-state index < -0.39 is 23.7 Å². The van der Waals surface area contributed by atoms with Gasteiger partial charge in [-0.15, -0.1) is 0 Å². The topological polar surface area (TPSA) is 105 Å². The van der Waals surface area contributed by atoms with Crippen molar-refractivity contribution in [3.63, 3.8) is 0 Å². The minimum Gasteiger partial charge on any atom is -0.482 e. The number of rotatable bonds is 3. The molecule has 1 aromatic carbocycles. The van der Waals surface area contributed by atoms with Crippen molar-refractivity contribution in [3.05, 3.63) is 46.6 Å². The van der Waals surface area contributed by atoms with Crippen molar-refractivity contribution in [3.8, 4) is 5.75 Å². The number of ether oxygens (including phenoxy) is 1. The number of benzene rings is 1. The molecule has 0 saturated carbocycles. The lowest BCUT2D eigenvalue weighted by molar-refractivity contribution is -0.140. The summed E-state index contributed by atoms with van der Waals surface area (Å²) in [6.07, 6.45) is -4.57. The van der Waals surface area contributed by atoms with Gasteiger partial charge in [0.05, 0.1) is 12.2 Å². The van der Waals surface area contributed by atoms with Crippen molar-refractivity contribution in [1.82, 2.24) is 15.4 Å². The molecule has 1 aliphatic heterocycles. The zero-order valence-corrected chi connectivity index (χ0v) is 15.2. The average molecular weight is 424 g/mol. The summed E-state index contributed by atoms with van der Waals surface area (Å²) in [7, 11) is 0. The van der Waals surface area contributed by atoms with Crippen LogP contribution >= 0.6 is 11.3 Å². The lowest BCUT2D eigenvalue weighted by Crippen LogP contribution is -2.38. The molecule has 0 atom stereocenters. The van der Waals surface area contributed by atoms with Gasteiger partial charge in [0.2, 0.25) is 0 Å². The number of amides is 2. The van der Waals surface area contributed by atoms with Crippen molar-refractivity contribution in [1.29, 1.82) is 0 Å². The molecule has 0 spiro atoms. The van der Waals surface area contributed by atoms with Gasteiger partial charge in [0.1, 0.15) is 26.8 Å². The largest absolute Gasteiger partial charge is 0.482 e. The molecule has 0 bridgehead atoms. The summed E-state index contributed by atoms with van der Waals surface area (Å²) in [5.74, 6) is -0.838. The summed E-state index contributed by atoms with van der Waals surface area (Å²) in [5.41, 5.74) is 1.15. The van der Waals surface area contributed by atoms with Crippen LogP contribution in [-0.2, 0) is 17.5 Å². The predicted octanol–water partition coefficient (Wildman–Crippen LogP) is 2.75. The molecule has 0 unspecified atom stereocenters. The number of nitrogens with zero attached hydrogens (tertiary/aromatic N) is 3. The average Bonchev–Trinajstić information content (AvgIpc) is 3.10. The lowest BCUT2D eigenvalue weighted by atomic mass is 10.1. The number of halogens is 3. The molecule has 8 nitrogen and oxygen atoms in total. The SMILES string of the molecule is O=C(NO)c1ccc2c(c1)N(Cc1nc3ccc(C(F)(F)F)nc3s1)C(=O)CO2. The number of pyridine rings is 1. The Balaban J connectivity index is 1.69. The Morgan fingerprint density at radius 3 is 2.79 bits per heavy atom. The highest BCUT2D eigenvalue weighted by atomic mass is 32.1. The van der Waals surface area contributed by atoms with Crippen LogP contribution in [0.15, 0.2) is 30.3 Å². The second-order valence-electron chi connectivity index (χ2n) is 6.02. The Labute approximate surface area is 164 Å². The quantitative estimate of drug-likeness (QED) is 0.495. The van der Waals surface area contributed by atoms with Crippen LogP contribution in [0.4, 0.5) is 18.9 Å². The summed E-state index contributed by atoms with van der Waals surface area (Å²) < 4.78 is 43.9. The van der Waals surface area contributed by atoms with E-state index in [1.807, 2.05) is 0 Å². The molecule has 150 valence electrons. The van der Waals surface area contributed by atoms with Gasteiger partial charge < -0.3 is 4.74 Å². The molecule has 0 radical (unpaired) electrons. The second-order valence-corrected chi connectivity index (χ2v) is 7.08. The van der Waals surface area contributed by atoms with Crippen molar-refractivity contribution >= 4 is 39.2 Å². The lowest BCUT2D eigenvalue weighted by Gasteiger charge is -2.29.